The first-order valence-corrected chi connectivity index (χ1v) is 9.77. The number of halogens is 1. The highest BCUT2D eigenvalue weighted by molar-refractivity contribution is 7.25. The molecule has 0 aliphatic rings. The first-order valence-electron chi connectivity index (χ1n) is 8.95. The van der Waals surface area contributed by atoms with Crippen LogP contribution in [0.4, 0.5) is 10.1 Å². The minimum atomic E-state index is -0.401. The number of aryl methyl sites for hydroxylation is 2. The summed E-state index contributed by atoms with van der Waals surface area (Å²) in [5.41, 5.74) is 1.78. The van der Waals surface area contributed by atoms with E-state index in [1.54, 1.807) is 19.1 Å². The highest BCUT2D eigenvalue weighted by Crippen LogP contribution is 2.32. The number of carbonyl (C=O) groups is 1. The van der Waals surface area contributed by atoms with Crippen LogP contribution >= 0.6 is 11.3 Å². The van der Waals surface area contributed by atoms with Crippen LogP contribution in [0.15, 0.2) is 47.3 Å². The lowest BCUT2D eigenvalue weighted by Gasteiger charge is -2.12. The average molecular weight is 395 g/mol. The van der Waals surface area contributed by atoms with Crippen molar-refractivity contribution < 1.29 is 9.18 Å². The normalized spacial score (nSPS) is 11.2. The lowest BCUT2D eigenvalue weighted by atomic mass is 10.1. The fourth-order valence-corrected chi connectivity index (χ4v) is 4.41. The molecule has 0 bridgehead atoms. The van der Waals surface area contributed by atoms with Crippen LogP contribution in [0.5, 0.6) is 0 Å². The molecule has 0 aliphatic heterocycles. The second-order valence-corrected chi connectivity index (χ2v) is 7.55. The summed E-state index contributed by atoms with van der Waals surface area (Å²) < 4.78 is 16.6. The Kier molecular flexibility index (Phi) is 4.68. The van der Waals surface area contributed by atoms with Crippen LogP contribution in [0.25, 0.3) is 20.3 Å². The zero-order valence-electron chi connectivity index (χ0n) is 15.5. The van der Waals surface area contributed by atoms with Gasteiger partial charge >= 0.3 is 0 Å². The van der Waals surface area contributed by atoms with Gasteiger partial charge in [0.05, 0.1) is 10.9 Å². The molecule has 142 valence electrons. The van der Waals surface area contributed by atoms with E-state index in [4.69, 9.17) is 0 Å². The summed E-state index contributed by atoms with van der Waals surface area (Å²) >= 11 is 1.19. The number of nitrogens with one attached hydrogen (secondary N) is 1. The third kappa shape index (κ3) is 3.07. The predicted octanol–water partition coefficient (Wildman–Crippen LogP) is 4.26. The maximum absolute atomic E-state index is 14.2. The van der Waals surface area contributed by atoms with E-state index >= 15 is 0 Å². The van der Waals surface area contributed by atoms with Crippen molar-refractivity contribution in [1.82, 2.24) is 9.55 Å². The number of aromatic nitrogens is 2. The van der Waals surface area contributed by atoms with E-state index < -0.39 is 5.82 Å². The number of thiophene rings is 1. The van der Waals surface area contributed by atoms with Gasteiger partial charge in [0.15, 0.2) is 0 Å². The molecule has 2 aromatic carbocycles. The number of carbonyl (C=O) groups excluding carboxylic acids is 1. The summed E-state index contributed by atoms with van der Waals surface area (Å²) in [5, 5.41) is 3.22. The molecule has 0 atom stereocenters. The molecule has 28 heavy (non-hydrogen) atoms. The number of hydrogen-bond donors (Lipinski definition) is 1. The summed E-state index contributed by atoms with van der Waals surface area (Å²) in [6.07, 6.45) is 0.788. The van der Waals surface area contributed by atoms with Gasteiger partial charge in [-0.25, -0.2) is 9.37 Å². The van der Waals surface area contributed by atoms with Gasteiger partial charge in [0.25, 0.3) is 5.56 Å². The van der Waals surface area contributed by atoms with Gasteiger partial charge < -0.3 is 5.32 Å². The zero-order chi connectivity index (χ0) is 19.8. The van der Waals surface area contributed by atoms with Gasteiger partial charge in [-0.15, -0.1) is 11.3 Å². The van der Waals surface area contributed by atoms with E-state index in [0.717, 1.165) is 17.7 Å². The summed E-state index contributed by atoms with van der Waals surface area (Å²) in [7, 11) is 0. The molecule has 5 nitrogen and oxygen atoms in total. The Labute approximate surface area is 164 Å². The number of anilines is 1. The van der Waals surface area contributed by atoms with Crippen molar-refractivity contribution in [3.8, 4) is 0 Å². The third-order valence-electron chi connectivity index (χ3n) is 4.72. The number of fused-ring (bicyclic) bond motifs is 3. The fraction of sp³-hybridized carbons (Fsp3) is 0.190. The quantitative estimate of drug-likeness (QED) is 0.562. The molecule has 0 spiro atoms. The van der Waals surface area contributed by atoms with Crippen molar-refractivity contribution in [2.45, 2.75) is 26.8 Å². The van der Waals surface area contributed by atoms with Gasteiger partial charge in [-0.1, -0.05) is 31.2 Å². The number of para-hydroxylation sites is 1. The Morgan fingerprint density at radius 2 is 2.00 bits per heavy atom. The first-order chi connectivity index (χ1) is 13.5. The molecule has 0 aliphatic carbocycles. The van der Waals surface area contributed by atoms with Crippen molar-refractivity contribution >= 4 is 43.2 Å². The van der Waals surface area contributed by atoms with Crippen molar-refractivity contribution in [3.05, 3.63) is 70.0 Å². The molecule has 0 unspecified atom stereocenters. The van der Waals surface area contributed by atoms with E-state index in [1.165, 1.54) is 22.0 Å². The van der Waals surface area contributed by atoms with E-state index in [9.17, 15) is 14.0 Å². The average Bonchev–Trinajstić information content (AvgIpc) is 3.05. The molecule has 1 N–H and O–H groups in total. The van der Waals surface area contributed by atoms with Crippen molar-refractivity contribution in [1.29, 1.82) is 0 Å². The Hall–Kier alpha value is -3.06. The van der Waals surface area contributed by atoms with Gasteiger partial charge in [-0.05, 0) is 37.1 Å². The molecule has 1 amide bonds. The molecule has 0 saturated carbocycles. The van der Waals surface area contributed by atoms with Crippen LogP contribution in [-0.4, -0.2) is 15.5 Å². The van der Waals surface area contributed by atoms with E-state index in [0.29, 0.717) is 26.1 Å². The number of nitrogens with zero attached hydrogens (tertiary/aromatic N) is 2. The predicted molar refractivity (Wildman–Crippen MR) is 111 cm³/mol. The van der Waals surface area contributed by atoms with Crippen LogP contribution in [0, 0.1) is 12.7 Å². The molecule has 0 saturated heterocycles. The number of amides is 1. The number of benzene rings is 2. The third-order valence-corrected chi connectivity index (χ3v) is 5.85. The summed E-state index contributed by atoms with van der Waals surface area (Å²) in [5.74, 6) is -0.333. The van der Waals surface area contributed by atoms with Gasteiger partial charge in [-0.3, -0.25) is 14.2 Å². The van der Waals surface area contributed by atoms with Crippen molar-refractivity contribution in [3.63, 3.8) is 0 Å². The second kappa shape index (κ2) is 7.16. The highest BCUT2D eigenvalue weighted by atomic mass is 32.1. The molecular formula is C21H18FN3O2S. The van der Waals surface area contributed by atoms with E-state index in [2.05, 4.69) is 10.3 Å². The fourth-order valence-electron chi connectivity index (χ4n) is 3.30. The monoisotopic (exact) mass is 395 g/mol. The minimum absolute atomic E-state index is 0.150. The Balaban J connectivity index is 1.73. The smallest absolute Gasteiger partial charge is 0.272 e. The highest BCUT2D eigenvalue weighted by Gasteiger charge is 2.18. The standard InChI is InChI=1S/C21H18FN3O2S/c1-3-13-7-4-5-9-15(13)24-17(26)11-25-12(2)23-19-18-14(22)8-6-10-16(18)28-20(19)21(25)27/h4-10H,3,11H2,1-2H3,(H,24,26). The maximum atomic E-state index is 14.2. The summed E-state index contributed by atoms with van der Waals surface area (Å²) in [6, 6.07) is 12.3. The molecule has 2 aromatic heterocycles. The molecule has 0 radical (unpaired) electrons. The molecule has 7 heteroatoms. The van der Waals surface area contributed by atoms with Crippen LogP contribution < -0.4 is 10.9 Å². The summed E-state index contributed by atoms with van der Waals surface area (Å²) in [6.45, 7) is 3.51. The lowest BCUT2D eigenvalue weighted by molar-refractivity contribution is -0.116. The van der Waals surface area contributed by atoms with Gasteiger partial charge in [-0.2, -0.15) is 0 Å². The van der Waals surface area contributed by atoms with Crippen LogP contribution in [-0.2, 0) is 17.8 Å². The Morgan fingerprint density at radius 3 is 2.79 bits per heavy atom. The lowest BCUT2D eigenvalue weighted by Crippen LogP contribution is -2.30. The second-order valence-electron chi connectivity index (χ2n) is 6.50. The van der Waals surface area contributed by atoms with Crippen LogP contribution in [0.3, 0.4) is 0 Å². The van der Waals surface area contributed by atoms with Gasteiger partial charge in [0.1, 0.15) is 22.9 Å². The van der Waals surface area contributed by atoms with E-state index in [1.807, 2.05) is 31.2 Å². The van der Waals surface area contributed by atoms with Crippen LogP contribution in [0.2, 0.25) is 0 Å². The Bertz CT molecular complexity index is 1280. The topological polar surface area (TPSA) is 64.0 Å². The van der Waals surface area contributed by atoms with Gasteiger partial charge in [0, 0.05) is 10.4 Å². The summed E-state index contributed by atoms with van der Waals surface area (Å²) in [4.78, 5) is 30.0. The zero-order valence-corrected chi connectivity index (χ0v) is 16.3. The van der Waals surface area contributed by atoms with E-state index in [-0.39, 0.29) is 18.0 Å². The minimum Gasteiger partial charge on any atom is -0.324 e. The molecular weight excluding hydrogens is 377 g/mol. The van der Waals surface area contributed by atoms with Crippen LogP contribution in [0.1, 0.15) is 18.3 Å². The molecule has 4 aromatic rings. The largest absolute Gasteiger partial charge is 0.324 e. The maximum Gasteiger partial charge on any atom is 0.272 e. The number of hydrogen-bond acceptors (Lipinski definition) is 4. The first kappa shape index (κ1) is 18.3. The van der Waals surface area contributed by atoms with Crippen molar-refractivity contribution in [2.24, 2.45) is 0 Å². The molecule has 0 fully saturated rings. The molecule has 4 rings (SSSR count). The molecule has 2 heterocycles. The van der Waals surface area contributed by atoms with Crippen molar-refractivity contribution in [2.75, 3.05) is 5.32 Å². The Morgan fingerprint density at radius 1 is 1.21 bits per heavy atom. The SMILES string of the molecule is CCc1ccccc1NC(=O)Cn1c(C)nc2c(sc3cccc(F)c32)c1=O. The number of rotatable bonds is 4. The van der Waals surface area contributed by atoms with Gasteiger partial charge in [0.2, 0.25) is 5.91 Å².